The van der Waals surface area contributed by atoms with E-state index in [0.717, 1.165) is 30.7 Å². The van der Waals surface area contributed by atoms with Crippen molar-refractivity contribution in [1.29, 1.82) is 0 Å². The Balaban J connectivity index is 0.000000170. The summed E-state index contributed by atoms with van der Waals surface area (Å²) in [5.41, 5.74) is 15.8. The molecule has 0 amide bonds. The van der Waals surface area contributed by atoms with Crippen LogP contribution in [0.4, 0.5) is 0 Å². The lowest BCUT2D eigenvalue weighted by Crippen LogP contribution is -2.12. The summed E-state index contributed by atoms with van der Waals surface area (Å²) in [4.78, 5) is 0. The lowest BCUT2D eigenvalue weighted by atomic mass is 9.97. The third kappa shape index (κ3) is 7.95. The average Bonchev–Trinajstić information content (AvgIpc) is 3.64. The molecule has 9 aromatic rings. The molecule has 0 radical (unpaired) electrons. The van der Waals surface area contributed by atoms with Crippen LogP contribution in [0.15, 0.2) is 205 Å². The summed E-state index contributed by atoms with van der Waals surface area (Å²) in [6, 6.07) is 70.7. The minimum atomic E-state index is 0.884. The predicted molar refractivity (Wildman–Crippen MR) is 228 cm³/mol. The molecule has 0 aliphatic carbocycles. The van der Waals surface area contributed by atoms with Gasteiger partial charge in [0.25, 0.3) is 0 Å². The number of hydrogen-bond acceptors (Lipinski definition) is 2. The van der Waals surface area contributed by atoms with Crippen molar-refractivity contribution in [3.05, 3.63) is 217 Å². The molecule has 262 valence electrons. The van der Waals surface area contributed by atoms with Crippen LogP contribution in [0.1, 0.15) is 23.6 Å². The molecule has 0 bridgehead atoms. The van der Waals surface area contributed by atoms with Crippen molar-refractivity contribution >= 4 is 21.9 Å². The van der Waals surface area contributed by atoms with Gasteiger partial charge in [-0.25, -0.2) is 0 Å². The summed E-state index contributed by atoms with van der Waals surface area (Å²) in [6.45, 7) is 3.98. The summed E-state index contributed by atoms with van der Waals surface area (Å²) < 4.78 is 6.10. The summed E-state index contributed by atoms with van der Waals surface area (Å²) >= 11 is 0. The van der Waals surface area contributed by atoms with E-state index in [2.05, 4.69) is 206 Å². The normalized spacial score (nSPS) is 11.0. The van der Waals surface area contributed by atoms with E-state index in [1.165, 1.54) is 72.0 Å². The third-order valence-corrected chi connectivity index (χ3v) is 10.0. The van der Waals surface area contributed by atoms with Gasteiger partial charge in [-0.2, -0.15) is 0 Å². The zero-order valence-corrected chi connectivity index (χ0v) is 30.6. The summed E-state index contributed by atoms with van der Waals surface area (Å²) in [6.07, 6.45) is 0.994. The number of rotatable bonds is 9. The van der Waals surface area contributed by atoms with Crippen LogP contribution < -0.4 is 5.32 Å². The van der Waals surface area contributed by atoms with Crippen LogP contribution in [0.2, 0.25) is 0 Å². The molecule has 1 N–H and O–H groups in total. The molecule has 2 heteroatoms. The van der Waals surface area contributed by atoms with Gasteiger partial charge in [-0.15, -0.1) is 0 Å². The van der Waals surface area contributed by atoms with Gasteiger partial charge in [-0.05, 0) is 91.9 Å². The topological polar surface area (TPSA) is 25.2 Å². The van der Waals surface area contributed by atoms with E-state index in [-0.39, 0.29) is 0 Å². The highest BCUT2D eigenvalue weighted by Crippen LogP contribution is 2.35. The maximum absolute atomic E-state index is 6.10. The first kappa shape index (κ1) is 34.6. The van der Waals surface area contributed by atoms with Crippen LogP contribution in [-0.2, 0) is 19.5 Å². The third-order valence-electron chi connectivity index (χ3n) is 10.0. The molecular weight excluding hydrogens is 655 g/mol. The van der Waals surface area contributed by atoms with Gasteiger partial charge in [0.05, 0.1) is 0 Å². The maximum Gasteiger partial charge on any atom is 0.135 e. The van der Waals surface area contributed by atoms with Crippen LogP contribution in [0.5, 0.6) is 0 Å². The van der Waals surface area contributed by atoms with Gasteiger partial charge in [0.2, 0.25) is 0 Å². The average molecular weight is 698 g/mol. The fourth-order valence-electron chi connectivity index (χ4n) is 7.15. The van der Waals surface area contributed by atoms with Crippen molar-refractivity contribution < 1.29 is 4.42 Å². The Morgan fingerprint density at radius 2 is 0.815 bits per heavy atom. The second kappa shape index (κ2) is 16.5. The number of benzene rings is 8. The van der Waals surface area contributed by atoms with Gasteiger partial charge < -0.3 is 9.73 Å². The largest absolute Gasteiger partial charge is 0.456 e. The molecule has 0 aliphatic heterocycles. The fourth-order valence-corrected chi connectivity index (χ4v) is 7.15. The lowest BCUT2D eigenvalue weighted by molar-refractivity contribution is 0.668. The Hall–Kier alpha value is -6.48. The summed E-state index contributed by atoms with van der Waals surface area (Å²) in [7, 11) is 0. The van der Waals surface area contributed by atoms with Crippen LogP contribution >= 0.6 is 0 Å². The van der Waals surface area contributed by atoms with E-state index in [1.54, 1.807) is 0 Å². The molecule has 8 aromatic carbocycles. The molecule has 1 heterocycles. The quantitative estimate of drug-likeness (QED) is 0.162. The van der Waals surface area contributed by atoms with E-state index >= 15 is 0 Å². The van der Waals surface area contributed by atoms with Crippen molar-refractivity contribution in [3.8, 4) is 44.5 Å². The highest BCUT2D eigenvalue weighted by atomic mass is 16.3. The molecule has 0 unspecified atom stereocenters. The van der Waals surface area contributed by atoms with Crippen molar-refractivity contribution in [2.24, 2.45) is 0 Å². The molecule has 0 aliphatic rings. The Labute approximate surface area is 318 Å². The van der Waals surface area contributed by atoms with Crippen LogP contribution in [0, 0.1) is 0 Å². The number of nitrogens with one attached hydrogen (secondary N) is 1. The first-order valence-corrected chi connectivity index (χ1v) is 18.8. The molecular formula is C52H43NO. The van der Waals surface area contributed by atoms with Gasteiger partial charge in [-0.1, -0.05) is 183 Å². The van der Waals surface area contributed by atoms with Gasteiger partial charge in [0.1, 0.15) is 11.2 Å². The highest BCUT2D eigenvalue weighted by Gasteiger charge is 2.12. The van der Waals surface area contributed by atoms with E-state index in [0.29, 0.717) is 0 Å². The molecule has 1 aromatic heterocycles. The van der Waals surface area contributed by atoms with Crippen molar-refractivity contribution in [2.75, 3.05) is 0 Å². The first-order chi connectivity index (χ1) is 26.7. The Kier molecular flexibility index (Phi) is 10.5. The number of fused-ring (bicyclic) bond motifs is 3. The van der Waals surface area contributed by atoms with Crippen LogP contribution in [0.25, 0.3) is 66.4 Å². The SMILES string of the molecule is CCc1cccc2oc3ccc(-c4ccc(-c5ccc(-c6ccccc6)cc5)cc4)cc3c12.c1ccc(CNCc2cccc(-c3ccccc3)c2)cc1. The standard InChI is InChI=1S/C32H24O.C20H19N/c1-2-22-9-6-10-31-32(22)29-21-28(19-20-30(29)33-31)27-17-15-26(16-18-27)25-13-11-24(12-14-25)23-7-4-3-5-8-23;1-3-8-17(9-4-1)15-21-16-18-10-7-13-20(14-18)19-11-5-2-6-12-19/h3-21H,2H2,1H3;1-14,21H,15-16H2. The summed E-state index contributed by atoms with van der Waals surface area (Å²) in [5, 5.41) is 5.93. The van der Waals surface area contributed by atoms with Gasteiger partial charge in [0, 0.05) is 23.9 Å². The first-order valence-electron chi connectivity index (χ1n) is 18.8. The maximum atomic E-state index is 6.10. The second-order valence-electron chi connectivity index (χ2n) is 13.6. The molecule has 0 spiro atoms. The fraction of sp³-hybridized carbons (Fsp3) is 0.0769. The molecule has 54 heavy (non-hydrogen) atoms. The highest BCUT2D eigenvalue weighted by molar-refractivity contribution is 6.08. The number of furan rings is 1. The molecule has 9 rings (SSSR count). The molecule has 0 atom stereocenters. The number of aryl methyl sites for hydroxylation is 1. The molecule has 0 fully saturated rings. The van der Waals surface area contributed by atoms with Crippen LogP contribution in [-0.4, -0.2) is 0 Å². The lowest BCUT2D eigenvalue weighted by Gasteiger charge is -2.07. The molecule has 0 saturated carbocycles. The van der Waals surface area contributed by atoms with E-state index in [9.17, 15) is 0 Å². The zero-order chi connectivity index (χ0) is 36.5. The molecule has 2 nitrogen and oxygen atoms in total. The minimum absolute atomic E-state index is 0.884. The Bertz CT molecular complexity index is 2570. The van der Waals surface area contributed by atoms with E-state index < -0.39 is 0 Å². The monoisotopic (exact) mass is 697 g/mol. The Morgan fingerprint density at radius 1 is 0.370 bits per heavy atom. The molecule has 0 saturated heterocycles. The predicted octanol–water partition coefficient (Wildman–Crippen LogP) is 13.8. The van der Waals surface area contributed by atoms with Crippen molar-refractivity contribution in [2.45, 2.75) is 26.4 Å². The second-order valence-corrected chi connectivity index (χ2v) is 13.6. The Morgan fingerprint density at radius 3 is 1.43 bits per heavy atom. The van der Waals surface area contributed by atoms with E-state index in [4.69, 9.17) is 4.42 Å². The smallest absolute Gasteiger partial charge is 0.135 e. The van der Waals surface area contributed by atoms with Crippen molar-refractivity contribution in [3.63, 3.8) is 0 Å². The van der Waals surface area contributed by atoms with Crippen molar-refractivity contribution in [1.82, 2.24) is 5.32 Å². The number of hydrogen-bond donors (Lipinski definition) is 1. The summed E-state index contributed by atoms with van der Waals surface area (Å²) in [5.74, 6) is 0. The van der Waals surface area contributed by atoms with E-state index in [1.807, 2.05) is 6.07 Å². The van der Waals surface area contributed by atoms with Gasteiger partial charge >= 0.3 is 0 Å². The van der Waals surface area contributed by atoms with Crippen LogP contribution in [0.3, 0.4) is 0 Å². The zero-order valence-electron chi connectivity index (χ0n) is 30.6. The van der Waals surface area contributed by atoms with Gasteiger partial charge in [0.15, 0.2) is 0 Å². The minimum Gasteiger partial charge on any atom is -0.456 e. The van der Waals surface area contributed by atoms with Gasteiger partial charge in [-0.3, -0.25) is 0 Å².